The molecular weight excluding hydrogens is 454 g/mol. The number of rotatable bonds is 1. The van der Waals surface area contributed by atoms with Gasteiger partial charge in [0.15, 0.2) is 0 Å². The smallest absolute Gasteiger partial charge is 0.0544 e. The molecule has 0 bridgehead atoms. The van der Waals surface area contributed by atoms with E-state index in [-0.39, 0.29) is 10.8 Å². The molecule has 1 nitrogen and oxygen atoms in total. The first-order chi connectivity index (χ1) is 15.2. The lowest BCUT2D eigenvalue weighted by molar-refractivity contribution is 0.332. The molecule has 1 aromatic heterocycles. The van der Waals surface area contributed by atoms with Gasteiger partial charge in [0.2, 0.25) is 0 Å². The molecule has 0 N–H and O–H groups in total. The van der Waals surface area contributed by atoms with Crippen molar-refractivity contribution in [3.63, 3.8) is 0 Å². The van der Waals surface area contributed by atoms with E-state index >= 15 is 0 Å². The molecule has 0 fully saturated rings. The van der Waals surface area contributed by atoms with Gasteiger partial charge in [-0.15, -0.1) is 0 Å². The van der Waals surface area contributed by atoms with Gasteiger partial charge >= 0.3 is 0 Å². The van der Waals surface area contributed by atoms with E-state index in [1.54, 1.807) is 0 Å². The van der Waals surface area contributed by atoms with E-state index in [9.17, 15) is 0 Å². The molecule has 0 spiro atoms. The maximum atomic E-state index is 3.64. The minimum atomic E-state index is 0.189. The Bertz CT molecular complexity index is 1530. The number of aromatic nitrogens is 1. The molecule has 0 aliphatic heterocycles. The van der Waals surface area contributed by atoms with Crippen molar-refractivity contribution in [1.82, 2.24) is 4.57 Å². The van der Waals surface area contributed by atoms with E-state index in [0.29, 0.717) is 0 Å². The Morgan fingerprint density at radius 1 is 0.656 bits per heavy atom. The van der Waals surface area contributed by atoms with Crippen LogP contribution in [0.25, 0.3) is 38.3 Å². The summed E-state index contributed by atoms with van der Waals surface area (Å²) in [6.45, 7) is 9.64. The van der Waals surface area contributed by atoms with Gasteiger partial charge in [-0.05, 0) is 88.0 Å². The maximum absolute atomic E-state index is 3.64. The monoisotopic (exact) mass is 481 g/mol. The van der Waals surface area contributed by atoms with Crippen molar-refractivity contribution in [3.8, 4) is 5.69 Å². The average Bonchev–Trinajstić information content (AvgIpc) is 3.09. The lowest BCUT2D eigenvalue weighted by Gasteiger charge is -2.42. The molecular formula is C30H28BrN. The predicted molar refractivity (Wildman–Crippen MR) is 141 cm³/mol. The summed E-state index contributed by atoms with van der Waals surface area (Å²) in [6.07, 6.45) is 2.46. The first-order valence-corrected chi connectivity index (χ1v) is 12.3. The molecule has 4 aromatic carbocycles. The van der Waals surface area contributed by atoms with Gasteiger partial charge in [-0.3, -0.25) is 0 Å². The van der Waals surface area contributed by atoms with Gasteiger partial charge in [0.1, 0.15) is 0 Å². The first-order valence-electron chi connectivity index (χ1n) is 11.5. The molecule has 0 atom stereocenters. The van der Waals surface area contributed by atoms with E-state index in [1.165, 1.54) is 62.2 Å². The van der Waals surface area contributed by atoms with Crippen LogP contribution in [0.2, 0.25) is 0 Å². The van der Waals surface area contributed by atoms with Gasteiger partial charge in [0.05, 0.1) is 11.0 Å². The lowest BCUT2D eigenvalue weighted by Crippen LogP contribution is -2.33. The minimum Gasteiger partial charge on any atom is -0.309 e. The van der Waals surface area contributed by atoms with E-state index in [4.69, 9.17) is 0 Å². The molecule has 1 aliphatic carbocycles. The number of halogens is 1. The van der Waals surface area contributed by atoms with Gasteiger partial charge < -0.3 is 4.57 Å². The van der Waals surface area contributed by atoms with Gasteiger partial charge in [0, 0.05) is 20.9 Å². The summed E-state index contributed by atoms with van der Waals surface area (Å²) in [5, 5.41) is 5.21. The van der Waals surface area contributed by atoms with Crippen LogP contribution in [0.4, 0.5) is 0 Å². The van der Waals surface area contributed by atoms with Gasteiger partial charge in [-0.1, -0.05) is 74.0 Å². The third-order valence-corrected chi connectivity index (χ3v) is 8.18. The molecule has 5 aromatic rings. The predicted octanol–water partition coefficient (Wildman–Crippen LogP) is 9.05. The van der Waals surface area contributed by atoms with Gasteiger partial charge in [-0.2, -0.15) is 0 Å². The number of hydrogen-bond acceptors (Lipinski definition) is 0. The third-order valence-electron chi connectivity index (χ3n) is 7.69. The molecule has 32 heavy (non-hydrogen) atoms. The average molecular weight is 482 g/mol. The Labute approximate surface area is 198 Å². The van der Waals surface area contributed by atoms with E-state index in [0.717, 1.165) is 4.47 Å². The zero-order chi connectivity index (χ0) is 22.3. The summed E-state index contributed by atoms with van der Waals surface area (Å²) in [4.78, 5) is 0. The van der Waals surface area contributed by atoms with Crippen LogP contribution < -0.4 is 0 Å². The van der Waals surface area contributed by atoms with Crippen LogP contribution in [0.5, 0.6) is 0 Å². The van der Waals surface area contributed by atoms with Crippen molar-refractivity contribution in [1.29, 1.82) is 0 Å². The Kier molecular flexibility index (Phi) is 4.21. The largest absolute Gasteiger partial charge is 0.309 e. The van der Waals surface area contributed by atoms with Crippen molar-refractivity contribution in [2.45, 2.75) is 51.4 Å². The number of para-hydroxylation sites is 1. The SMILES string of the molecule is CC1(C)CCC(C)(C)c2cc3c(cc21)c1ccccc1n3-c1ccc2ccc(Br)cc2c1. The van der Waals surface area contributed by atoms with Crippen LogP contribution >= 0.6 is 15.9 Å². The summed E-state index contributed by atoms with van der Waals surface area (Å²) < 4.78 is 3.57. The molecule has 6 rings (SSSR count). The number of fused-ring (bicyclic) bond motifs is 5. The molecule has 0 saturated heterocycles. The molecule has 1 aliphatic rings. The van der Waals surface area contributed by atoms with Crippen LogP contribution in [0.15, 0.2) is 77.3 Å². The zero-order valence-electron chi connectivity index (χ0n) is 19.2. The first kappa shape index (κ1) is 20.1. The van der Waals surface area contributed by atoms with E-state index < -0.39 is 0 Å². The highest BCUT2D eigenvalue weighted by atomic mass is 79.9. The maximum Gasteiger partial charge on any atom is 0.0544 e. The van der Waals surface area contributed by atoms with Crippen molar-refractivity contribution < 1.29 is 0 Å². The number of hydrogen-bond donors (Lipinski definition) is 0. The van der Waals surface area contributed by atoms with Crippen molar-refractivity contribution in [2.24, 2.45) is 0 Å². The Morgan fingerprint density at radius 2 is 1.34 bits per heavy atom. The summed E-state index contributed by atoms with van der Waals surface area (Å²) in [6, 6.07) is 27.2. The summed E-state index contributed by atoms with van der Waals surface area (Å²) >= 11 is 3.64. The topological polar surface area (TPSA) is 4.93 Å². The molecule has 0 unspecified atom stereocenters. The van der Waals surface area contributed by atoms with Crippen LogP contribution in [-0.4, -0.2) is 4.57 Å². The van der Waals surface area contributed by atoms with Crippen LogP contribution in [0.1, 0.15) is 51.7 Å². The highest BCUT2D eigenvalue weighted by molar-refractivity contribution is 9.10. The fraction of sp³-hybridized carbons (Fsp3) is 0.267. The molecule has 1 heterocycles. The highest BCUT2D eigenvalue weighted by Crippen LogP contribution is 2.48. The van der Waals surface area contributed by atoms with E-state index in [2.05, 4.69) is 121 Å². The molecule has 0 amide bonds. The summed E-state index contributed by atoms with van der Waals surface area (Å²) in [5.74, 6) is 0. The van der Waals surface area contributed by atoms with Crippen molar-refractivity contribution in [3.05, 3.63) is 88.4 Å². The quantitative estimate of drug-likeness (QED) is 0.225. The van der Waals surface area contributed by atoms with Crippen LogP contribution in [-0.2, 0) is 10.8 Å². The molecule has 0 saturated carbocycles. The minimum absolute atomic E-state index is 0.189. The van der Waals surface area contributed by atoms with Gasteiger partial charge in [-0.25, -0.2) is 0 Å². The molecule has 0 radical (unpaired) electrons. The van der Waals surface area contributed by atoms with E-state index in [1.807, 2.05) is 0 Å². The second kappa shape index (κ2) is 6.71. The Balaban J connectivity index is 1.73. The van der Waals surface area contributed by atoms with Crippen molar-refractivity contribution >= 4 is 48.5 Å². The lowest BCUT2D eigenvalue weighted by atomic mass is 9.63. The van der Waals surface area contributed by atoms with Crippen LogP contribution in [0, 0.1) is 0 Å². The summed E-state index contributed by atoms with van der Waals surface area (Å²) in [5.41, 5.74) is 7.22. The normalized spacial score (nSPS) is 17.2. The summed E-state index contributed by atoms with van der Waals surface area (Å²) in [7, 11) is 0. The van der Waals surface area contributed by atoms with Crippen molar-refractivity contribution in [2.75, 3.05) is 0 Å². The Morgan fingerprint density at radius 3 is 2.12 bits per heavy atom. The Hall–Kier alpha value is -2.58. The molecule has 160 valence electrons. The molecule has 2 heteroatoms. The number of benzene rings is 4. The second-order valence-electron chi connectivity index (χ2n) is 10.7. The van der Waals surface area contributed by atoms with Crippen LogP contribution in [0.3, 0.4) is 0 Å². The second-order valence-corrected chi connectivity index (χ2v) is 11.6. The van der Waals surface area contributed by atoms with Gasteiger partial charge in [0.25, 0.3) is 0 Å². The number of nitrogens with zero attached hydrogens (tertiary/aromatic N) is 1. The standard InChI is InChI=1S/C30H28BrN/c1-29(2)13-14-30(3,4)26-18-28-24(17-25(26)29)23-7-5-6-8-27(23)32(28)22-12-10-19-9-11-21(31)15-20(19)16-22/h5-12,15-18H,13-14H2,1-4H3. The third kappa shape index (κ3) is 2.89. The zero-order valence-corrected chi connectivity index (χ0v) is 20.8. The fourth-order valence-electron chi connectivity index (χ4n) is 5.65. The fourth-order valence-corrected chi connectivity index (χ4v) is 6.03. The highest BCUT2D eigenvalue weighted by Gasteiger charge is 2.37.